The summed E-state index contributed by atoms with van der Waals surface area (Å²) < 4.78 is 21.6. The van der Waals surface area contributed by atoms with Gasteiger partial charge in [0.15, 0.2) is 0 Å². The van der Waals surface area contributed by atoms with Gasteiger partial charge in [0.2, 0.25) is 0 Å². The Hall–Kier alpha value is -5.00. The SMILES string of the molecule is C.CCN(C(=O)OC)c1ccc2c(c1)C(Cc1cnc[nH]1)CCO2.CCNc1ccc2c(c1)C(C/C(=C/N)N=CC(=O)OC(C)(C)C)CCO2. The van der Waals surface area contributed by atoms with E-state index in [1.807, 2.05) is 64.2 Å². The summed E-state index contributed by atoms with van der Waals surface area (Å²) in [5.74, 6) is 1.90. The van der Waals surface area contributed by atoms with Gasteiger partial charge in [-0.25, -0.2) is 14.6 Å². The zero-order chi connectivity index (χ0) is 35.4. The highest BCUT2D eigenvalue weighted by Gasteiger charge is 2.25. The lowest BCUT2D eigenvalue weighted by Crippen LogP contribution is -2.30. The van der Waals surface area contributed by atoms with Crippen molar-refractivity contribution in [2.75, 3.05) is 43.6 Å². The Kier molecular flexibility index (Phi) is 14.7. The van der Waals surface area contributed by atoms with E-state index in [0.717, 1.165) is 65.5 Å². The molecule has 3 aromatic rings. The molecule has 3 heterocycles. The van der Waals surface area contributed by atoms with E-state index in [1.165, 1.54) is 19.5 Å². The number of hydrogen-bond donors (Lipinski definition) is 3. The highest BCUT2D eigenvalue weighted by molar-refractivity contribution is 6.23. The van der Waals surface area contributed by atoms with Crippen molar-refractivity contribution in [1.29, 1.82) is 0 Å². The fourth-order valence-electron chi connectivity index (χ4n) is 5.89. The minimum absolute atomic E-state index is 0. The third-order valence-electron chi connectivity index (χ3n) is 8.15. The van der Waals surface area contributed by atoms with Crippen LogP contribution < -0.4 is 25.4 Å². The van der Waals surface area contributed by atoms with Gasteiger partial charge >= 0.3 is 12.1 Å². The van der Waals surface area contributed by atoms with Gasteiger partial charge in [0.25, 0.3) is 0 Å². The van der Waals surface area contributed by atoms with Crippen LogP contribution in [0.4, 0.5) is 16.2 Å². The predicted octanol–water partition coefficient (Wildman–Crippen LogP) is 7.33. The van der Waals surface area contributed by atoms with Crippen LogP contribution in [-0.2, 0) is 20.7 Å². The maximum Gasteiger partial charge on any atom is 0.413 e. The number of carbonyl (C=O) groups is 2. The van der Waals surface area contributed by atoms with E-state index >= 15 is 0 Å². The van der Waals surface area contributed by atoms with Crippen molar-refractivity contribution in [3.05, 3.63) is 77.6 Å². The number of aromatic amines is 1. The van der Waals surface area contributed by atoms with Gasteiger partial charge in [-0.2, -0.15) is 0 Å². The normalized spacial score (nSPS) is 16.6. The van der Waals surface area contributed by atoms with Crippen LogP contribution in [0.5, 0.6) is 11.5 Å². The Morgan fingerprint density at radius 3 is 2.36 bits per heavy atom. The molecule has 12 nitrogen and oxygen atoms in total. The van der Waals surface area contributed by atoms with Crippen molar-refractivity contribution >= 4 is 29.7 Å². The number of benzene rings is 2. The quantitative estimate of drug-likeness (QED) is 0.147. The number of aromatic nitrogens is 2. The van der Waals surface area contributed by atoms with Gasteiger partial charge in [-0.1, -0.05) is 7.43 Å². The Morgan fingerprint density at radius 2 is 1.76 bits per heavy atom. The number of rotatable bonds is 10. The Morgan fingerprint density at radius 1 is 1.08 bits per heavy atom. The van der Waals surface area contributed by atoms with Crippen molar-refractivity contribution in [2.24, 2.45) is 10.7 Å². The lowest BCUT2D eigenvalue weighted by Gasteiger charge is -2.28. The Labute approximate surface area is 296 Å². The average Bonchev–Trinajstić information content (AvgIpc) is 3.60. The van der Waals surface area contributed by atoms with Gasteiger partial charge in [0, 0.05) is 42.6 Å². The third-order valence-corrected chi connectivity index (χ3v) is 8.15. The molecular formula is C38H54N6O6. The van der Waals surface area contributed by atoms with E-state index < -0.39 is 11.6 Å². The van der Waals surface area contributed by atoms with E-state index in [9.17, 15) is 9.59 Å². The molecular weight excluding hydrogens is 636 g/mol. The van der Waals surface area contributed by atoms with Gasteiger partial charge < -0.3 is 35.0 Å². The average molecular weight is 691 g/mol. The number of nitrogens with one attached hydrogen (secondary N) is 2. The van der Waals surface area contributed by atoms with Gasteiger partial charge in [-0.15, -0.1) is 0 Å². The van der Waals surface area contributed by atoms with Crippen molar-refractivity contribution in [3.63, 3.8) is 0 Å². The molecule has 0 aliphatic carbocycles. The van der Waals surface area contributed by atoms with E-state index in [1.54, 1.807) is 11.2 Å². The molecule has 0 radical (unpaired) electrons. The molecule has 4 N–H and O–H groups in total. The van der Waals surface area contributed by atoms with E-state index in [2.05, 4.69) is 33.3 Å². The fraction of sp³-hybridized carbons (Fsp3) is 0.474. The number of nitrogens with two attached hydrogens (primary N) is 1. The zero-order valence-corrected chi connectivity index (χ0v) is 29.5. The van der Waals surface area contributed by atoms with Crippen LogP contribution >= 0.6 is 0 Å². The number of fused-ring (bicyclic) bond motifs is 2. The van der Waals surface area contributed by atoms with Gasteiger partial charge in [-0.3, -0.25) is 9.89 Å². The summed E-state index contributed by atoms with van der Waals surface area (Å²) in [6.45, 7) is 12.2. The lowest BCUT2D eigenvalue weighted by molar-refractivity contribution is -0.145. The number of ether oxygens (including phenoxy) is 4. The summed E-state index contributed by atoms with van der Waals surface area (Å²) in [6.07, 6.45) is 9.18. The first kappa shape index (κ1) is 39.4. The molecule has 0 spiro atoms. The summed E-state index contributed by atoms with van der Waals surface area (Å²) in [5.41, 5.74) is 11.1. The number of carbonyl (C=O) groups excluding carboxylic acids is 2. The number of methoxy groups -OCH3 is 1. The third kappa shape index (κ3) is 11.0. The van der Waals surface area contributed by atoms with Crippen molar-refractivity contribution in [2.45, 2.75) is 85.2 Å². The lowest BCUT2D eigenvalue weighted by atomic mass is 9.89. The first-order valence-electron chi connectivity index (χ1n) is 16.8. The number of allylic oxidation sites excluding steroid dienone is 1. The van der Waals surface area contributed by atoms with E-state index in [0.29, 0.717) is 37.8 Å². The van der Waals surface area contributed by atoms with Crippen LogP contribution in [0.15, 0.2) is 65.8 Å². The number of aliphatic imine (C=N–C) groups is 1. The number of esters is 1. The Balaban J connectivity index is 0.000000267. The molecule has 0 saturated carbocycles. The van der Waals surface area contributed by atoms with Crippen LogP contribution in [0, 0.1) is 0 Å². The minimum atomic E-state index is -0.544. The summed E-state index contributed by atoms with van der Waals surface area (Å²) in [6, 6.07) is 12.0. The second kappa shape index (κ2) is 18.7. The topological polar surface area (TPSA) is 153 Å². The molecule has 2 unspecified atom stereocenters. The molecule has 5 rings (SSSR count). The number of H-pyrrole nitrogens is 1. The van der Waals surface area contributed by atoms with Crippen molar-refractivity contribution in [1.82, 2.24) is 9.97 Å². The molecule has 1 aromatic heterocycles. The van der Waals surface area contributed by atoms with Gasteiger partial charge in [0.05, 0.1) is 32.3 Å². The molecule has 272 valence electrons. The highest BCUT2D eigenvalue weighted by Crippen LogP contribution is 2.40. The molecule has 1 amide bonds. The molecule has 2 aromatic carbocycles. The molecule has 0 saturated heterocycles. The molecule has 2 atom stereocenters. The van der Waals surface area contributed by atoms with Crippen molar-refractivity contribution in [3.8, 4) is 11.5 Å². The van der Waals surface area contributed by atoms with Crippen LogP contribution in [0.25, 0.3) is 0 Å². The Bertz CT molecular complexity index is 1600. The largest absolute Gasteiger partial charge is 0.493 e. The maximum atomic E-state index is 11.9. The first-order valence-corrected chi connectivity index (χ1v) is 16.8. The number of anilines is 2. The molecule has 12 heteroatoms. The van der Waals surface area contributed by atoms with Crippen LogP contribution in [0.3, 0.4) is 0 Å². The zero-order valence-electron chi connectivity index (χ0n) is 29.5. The fourth-order valence-corrected chi connectivity index (χ4v) is 5.89. The van der Waals surface area contributed by atoms with Gasteiger partial charge in [0.1, 0.15) is 23.3 Å². The smallest absolute Gasteiger partial charge is 0.413 e. The molecule has 0 bridgehead atoms. The minimum Gasteiger partial charge on any atom is -0.493 e. The molecule has 0 fully saturated rings. The first-order chi connectivity index (χ1) is 23.5. The van der Waals surface area contributed by atoms with Crippen molar-refractivity contribution < 1.29 is 28.5 Å². The van der Waals surface area contributed by atoms with E-state index in [4.69, 9.17) is 24.7 Å². The summed E-state index contributed by atoms with van der Waals surface area (Å²) in [5, 5.41) is 3.32. The number of hydrogen-bond acceptors (Lipinski definition) is 10. The monoisotopic (exact) mass is 690 g/mol. The summed E-state index contributed by atoms with van der Waals surface area (Å²) >= 11 is 0. The number of nitrogens with zero attached hydrogens (tertiary/aromatic N) is 3. The van der Waals surface area contributed by atoms with Gasteiger partial charge in [-0.05, 0) is 120 Å². The summed E-state index contributed by atoms with van der Waals surface area (Å²) in [7, 11) is 1.40. The highest BCUT2D eigenvalue weighted by atomic mass is 16.6. The predicted molar refractivity (Wildman–Crippen MR) is 198 cm³/mol. The number of amides is 1. The van der Waals surface area contributed by atoms with E-state index in [-0.39, 0.29) is 19.4 Å². The second-order valence-electron chi connectivity index (χ2n) is 12.8. The maximum absolute atomic E-state index is 11.9. The van der Waals surface area contributed by atoms with Crippen LogP contribution in [0.1, 0.15) is 90.0 Å². The van der Waals surface area contributed by atoms with Crippen LogP contribution in [-0.4, -0.2) is 67.3 Å². The second-order valence-corrected chi connectivity index (χ2v) is 12.8. The molecule has 2 aliphatic rings. The molecule has 50 heavy (non-hydrogen) atoms. The summed E-state index contributed by atoms with van der Waals surface area (Å²) in [4.78, 5) is 36.8. The number of imidazole rings is 1. The standard InChI is InChI=1S/C20H29N3O3.C17H21N3O3.CH4/c1-5-22-15-6-7-18-17(11-15)14(8-9-25-18)10-16(12-21)23-13-19(24)26-20(2,3)4;1-3-20(17(21)22-2)14-4-5-16-15(9-14)12(6-7-23-16)8-13-10-18-11-19-13;/h6-7,11-14,22H,5,8-10,21H2,1-4H3;4-5,9-12H,3,6-8H2,1-2H3,(H,18,19);1H4/b16-12-,23-13?;;. The molecule has 2 aliphatic heterocycles. The van der Waals surface area contributed by atoms with Crippen LogP contribution in [0.2, 0.25) is 0 Å².